The van der Waals surface area contributed by atoms with Crippen LogP contribution in [0.15, 0.2) is 41.0 Å². The fraction of sp³-hybridized carbons (Fsp3) is 0.211. The molecule has 3 rings (SSSR count). The van der Waals surface area contributed by atoms with Crippen LogP contribution in [0, 0.1) is 20.8 Å². The number of carbonyl (C=O) groups is 1. The molecule has 2 aromatic carbocycles. The van der Waals surface area contributed by atoms with Crippen LogP contribution in [-0.4, -0.2) is 5.91 Å². The molecule has 1 heterocycles. The lowest BCUT2D eigenvalue weighted by molar-refractivity contribution is -0.115. The Labute approximate surface area is 140 Å². The summed E-state index contributed by atoms with van der Waals surface area (Å²) < 4.78 is 5.71. The van der Waals surface area contributed by atoms with Gasteiger partial charge in [-0.3, -0.25) is 4.79 Å². The van der Waals surface area contributed by atoms with Gasteiger partial charge in [0.25, 0.3) is 0 Å². The number of para-hydroxylation sites is 1. The minimum absolute atomic E-state index is 0.113. The zero-order valence-corrected chi connectivity index (χ0v) is 14.1. The van der Waals surface area contributed by atoms with Crippen LogP contribution in [0.3, 0.4) is 0 Å². The monoisotopic (exact) mass is 327 g/mol. The van der Waals surface area contributed by atoms with E-state index in [1.807, 2.05) is 26.0 Å². The molecule has 0 aliphatic heterocycles. The molecule has 1 amide bonds. The Bertz CT molecular complexity index is 896. The minimum Gasteiger partial charge on any atom is -0.464 e. The number of halogens is 1. The summed E-state index contributed by atoms with van der Waals surface area (Å²) in [6, 6.07) is 9.33. The normalized spacial score (nSPS) is 11.0. The second kappa shape index (κ2) is 6.09. The highest BCUT2D eigenvalue weighted by molar-refractivity contribution is 6.33. The van der Waals surface area contributed by atoms with Crippen LogP contribution >= 0.6 is 11.6 Å². The van der Waals surface area contributed by atoms with Gasteiger partial charge < -0.3 is 9.73 Å². The molecule has 0 saturated heterocycles. The number of hydrogen-bond donors (Lipinski definition) is 1. The summed E-state index contributed by atoms with van der Waals surface area (Å²) in [4.78, 5) is 12.3. The Kier molecular flexibility index (Phi) is 4.14. The Balaban J connectivity index is 1.89. The van der Waals surface area contributed by atoms with Gasteiger partial charge in [-0.2, -0.15) is 0 Å². The summed E-state index contributed by atoms with van der Waals surface area (Å²) in [5, 5.41) is 4.40. The molecule has 3 nitrogen and oxygen atoms in total. The first kappa shape index (κ1) is 15.6. The van der Waals surface area contributed by atoms with Crippen molar-refractivity contribution in [3.05, 3.63) is 63.9 Å². The lowest BCUT2D eigenvalue weighted by Crippen LogP contribution is -2.14. The molecule has 1 aromatic heterocycles. The van der Waals surface area contributed by atoms with Crippen molar-refractivity contribution in [1.82, 2.24) is 0 Å². The van der Waals surface area contributed by atoms with Crippen LogP contribution in [0.5, 0.6) is 0 Å². The molecule has 0 fully saturated rings. The topological polar surface area (TPSA) is 42.2 Å². The van der Waals surface area contributed by atoms with Crippen molar-refractivity contribution in [3.63, 3.8) is 0 Å². The molecule has 0 bridgehead atoms. The Morgan fingerprint density at radius 3 is 2.65 bits per heavy atom. The number of furan rings is 1. The summed E-state index contributed by atoms with van der Waals surface area (Å²) in [5.74, 6) is -0.113. The van der Waals surface area contributed by atoms with Gasteiger partial charge >= 0.3 is 0 Å². The third-order valence-corrected chi connectivity index (χ3v) is 4.46. The van der Waals surface area contributed by atoms with Crippen LogP contribution in [-0.2, 0) is 11.2 Å². The SMILES string of the molecule is Cc1cc(C)c2c(CC(=O)Nc3ccccc3Cl)coc2c1C. The van der Waals surface area contributed by atoms with Gasteiger partial charge in [0.15, 0.2) is 0 Å². The average Bonchev–Trinajstić information content (AvgIpc) is 2.91. The molecule has 1 N–H and O–H groups in total. The first-order valence-electron chi connectivity index (χ1n) is 7.48. The summed E-state index contributed by atoms with van der Waals surface area (Å²) >= 11 is 6.08. The zero-order valence-electron chi connectivity index (χ0n) is 13.4. The van der Waals surface area contributed by atoms with E-state index in [2.05, 4.69) is 18.3 Å². The maximum Gasteiger partial charge on any atom is 0.228 e. The smallest absolute Gasteiger partial charge is 0.228 e. The van der Waals surface area contributed by atoms with Gasteiger partial charge in [-0.05, 0) is 49.6 Å². The Hall–Kier alpha value is -2.26. The van der Waals surface area contributed by atoms with Gasteiger partial charge in [-0.25, -0.2) is 0 Å². The Morgan fingerprint density at radius 1 is 1.17 bits per heavy atom. The number of hydrogen-bond acceptors (Lipinski definition) is 2. The van der Waals surface area contributed by atoms with Gasteiger partial charge in [0.2, 0.25) is 5.91 Å². The van der Waals surface area contributed by atoms with Crippen molar-refractivity contribution >= 4 is 34.2 Å². The van der Waals surface area contributed by atoms with Gasteiger partial charge in [0, 0.05) is 10.9 Å². The number of anilines is 1. The minimum atomic E-state index is -0.113. The highest BCUT2D eigenvalue weighted by Crippen LogP contribution is 2.30. The van der Waals surface area contributed by atoms with E-state index in [1.165, 1.54) is 5.56 Å². The fourth-order valence-corrected chi connectivity index (χ4v) is 3.03. The third kappa shape index (κ3) is 2.97. The molecule has 0 radical (unpaired) electrons. The van der Waals surface area contributed by atoms with E-state index in [0.717, 1.165) is 27.7 Å². The van der Waals surface area contributed by atoms with Gasteiger partial charge in [-0.1, -0.05) is 29.8 Å². The maximum absolute atomic E-state index is 12.3. The quantitative estimate of drug-likeness (QED) is 0.719. The maximum atomic E-state index is 12.3. The number of rotatable bonds is 3. The predicted octanol–water partition coefficient (Wildman–Crippen LogP) is 5.19. The number of nitrogens with one attached hydrogen (secondary N) is 1. The van der Waals surface area contributed by atoms with Crippen LogP contribution in [0.1, 0.15) is 22.3 Å². The third-order valence-electron chi connectivity index (χ3n) is 4.13. The number of amides is 1. The van der Waals surface area contributed by atoms with Crippen molar-refractivity contribution < 1.29 is 9.21 Å². The van der Waals surface area contributed by atoms with Gasteiger partial charge in [0.05, 0.1) is 23.4 Å². The van der Waals surface area contributed by atoms with Crippen LogP contribution in [0.25, 0.3) is 11.0 Å². The fourth-order valence-electron chi connectivity index (χ4n) is 2.85. The summed E-state index contributed by atoms with van der Waals surface area (Å²) in [6.45, 7) is 6.14. The van der Waals surface area contributed by atoms with Crippen LogP contribution < -0.4 is 5.32 Å². The molecule has 4 heteroatoms. The molecule has 0 aliphatic carbocycles. The molecule has 23 heavy (non-hydrogen) atoms. The summed E-state index contributed by atoms with van der Waals surface area (Å²) in [7, 11) is 0. The number of carbonyl (C=O) groups excluding carboxylic acids is 1. The standard InChI is InChI=1S/C19H18ClNO2/c1-11-8-12(2)18-14(10-23-19(18)13(11)3)9-17(22)21-16-7-5-4-6-15(16)20/h4-8,10H,9H2,1-3H3,(H,21,22). The van der Waals surface area contributed by atoms with Crippen LogP contribution in [0.4, 0.5) is 5.69 Å². The molecular weight excluding hydrogens is 310 g/mol. The van der Waals surface area contributed by atoms with E-state index in [0.29, 0.717) is 10.7 Å². The van der Waals surface area contributed by atoms with Crippen molar-refractivity contribution in [1.29, 1.82) is 0 Å². The van der Waals surface area contributed by atoms with Crippen molar-refractivity contribution in [3.8, 4) is 0 Å². The predicted molar refractivity (Wildman–Crippen MR) is 94.2 cm³/mol. The second-order valence-corrected chi connectivity index (χ2v) is 6.21. The van der Waals surface area contributed by atoms with E-state index < -0.39 is 0 Å². The highest BCUT2D eigenvalue weighted by atomic mass is 35.5. The van der Waals surface area contributed by atoms with E-state index >= 15 is 0 Å². The molecule has 0 saturated carbocycles. The van der Waals surface area contributed by atoms with E-state index in [-0.39, 0.29) is 12.3 Å². The summed E-state index contributed by atoms with van der Waals surface area (Å²) in [5.41, 5.74) is 5.81. The van der Waals surface area contributed by atoms with Crippen molar-refractivity contribution in [2.24, 2.45) is 0 Å². The average molecular weight is 328 g/mol. The second-order valence-electron chi connectivity index (χ2n) is 5.81. The largest absolute Gasteiger partial charge is 0.464 e. The lowest BCUT2D eigenvalue weighted by Gasteiger charge is -2.08. The highest BCUT2D eigenvalue weighted by Gasteiger charge is 2.15. The molecule has 3 aromatic rings. The Morgan fingerprint density at radius 2 is 1.91 bits per heavy atom. The molecule has 0 spiro atoms. The number of benzene rings is 2. The van der Waals surface area contributed by atoms with Crippen molar-refractivity contribution in [2.45, 2.75) is 27.2 Å². The molecule has 118 valence electrons. The lowest BCUT2D eigenvalue weighted by atomic mass is 9.99. The molecule has 0 aliphatic rings. The van der Waals surface area contributed by atoms with Crippen molar-refractivity contribution in [2.75, 3.05) is 5.32 Å². The van der Waals surface area contributed by atoms with Crippen LogP contribution in [0.2, 0.25) is 5.02 Å². The molecule has 0 atom stereocenters. The zero-order chi connectivity index (χ0) is 16.6. The van der Waals surface area contributed by atoms with Gasteiger partial charge in [0.1, 0.15) is 5.58 Å². The van der Waals surface area contributed by atoms with E-state index in [9.17, 15) is 4.79 Å². The first-order chi connectivity index (χ1) is 11.0. The van der Waals surface area contributed by atoms with E-state index in [1.54, 1.807) is 18.4 Å². The molecular formula is C19H18ClNO2. The first-order valence-corrected chi connectivity index (χ1v) is 7.86. The summed E-state index contributed by atoms with van der Waals surface area (Å²) in [6.07, 6.45) is 1.93. The molecule has 0 unspecified atom stereocenters. The number of aryl methyl sites for hydroxylation is 3. The van der Waals surface area contributed by atoms with Gasteiger partial charge in [-0.15, -0.1) is 0 Å². The van der Waals surface area contributed by atoms with E-state index in [4.69, 9.17) is 16.0 Å². The number of fused-ring (bicyclic) bond motifs is 1.